The highest BCUT2D eigenvalue weighted by Crippen LogP contribution is 2.17. The van der Waals surface area contributed by atoms with Gasteiger partial charge in [0.15, 0.2) is 6.10 Å². The van der Waals surface area contributed by atoms with Crippen molar-refractivity contribution in [2.75, 3.05) is 6.61 Å². The number of carbonyl (C=O) groups excluding carboxylic acids is 1. The number of benzene rings is 2. The third-order valence-electron chi connectivity index (χ3n) is 3.16. The highest BCUT2D eigenvalue weighted by atomic mass is 16.5. The quantitative estimate of drug-likeness (QED) is 0.796. The van der Waals surface area contributed by atoms with Crippen LogP contribution in [-0.4, -0.2) is 28.9 Å². The highest BCUT2D eigenvalue weighted by molar-refractivity contribution is 5.75. The average Bonchev–Trinajstić information content (AvgIpc) is 2.55. The maximum atomic E-state index is 11.7. The molecule has 2 atom stereocenters. The zero-order valence-electron chi connectivity index (χ0n) is 11.6. The second-order valence-corrected chi connectivity index (χ2v) is 4.70. The lowest BCUT2D eigenvalue weighted by atomic mass is 10.0. The molecule has 0 aliphatic rings. The molecule has 2 aromatic rings. The Morgan fingerprint density at radius 2 is 1.52 bits per heavy atom. The molecule has 2 aromatic carbocycles. The third kappa shape index (κ3) is 4.41. The molecule has 0 aromatic heterocycles. The van der Waals surface area contributed by atoms with Crippen LogP contribution in [0.25, 0.3) is 0 Å². The van der Waals surface area contributed by atoms with E-state index >= 15 is 0 Å². The molecule has 4 heteroatoms. The van der Waals surface area contributed by atoms with Crippen LogP contribution in [0, 0.1) is 0 Å². The molecule has 0 aliphatic heterocycles. The van der Waals surface area contributed by atoms with E-state index in [4.69, 9.17) is 4.74 Å². The topological polar surface area (TPSA) is 66.8 Å². The SMILES string of the molecule is O=C(OCCc1ccccc1)C(O)C(O)c1ccccc1. The lowest BCUT2D eigenvalue weighted by Gasteiger charge is -2.17. The van der Waals surface area contributed by atoms with Crippen molar-refractivity contribution >= 4 is 5.97 Å². The summed E-state index contributed by atoms with van der Waals surface area (Å²) >= 11 is 0. The van der Waals surface area contributed by atoms with Crippen molar-refractivity contribution in [2.24, 2.45) is 0 Å². The summed E-state index contributed by atoms with van der Waals surface area (Å²) in [4.78, 5) is 11.7. The molecule has 0 radical (unpaired) electrons. The van der Waals surface area contributed by atoms with Gasteiger partial charge in [0, 0.05) is 6.42 Å². The second kappa shape index (κ2) is 7.57. The first-order valence-electron chi connectivity index (χ1n) is 6.80. The van der Waals surface area contributed by atoms with Gasteiger partial charge >= 0.3 is 5.97 Å². The zero-order chi connectivity index (χ0) is 15.1. The van der Waals surface area contributed by atoms with Crippen LogP contribution in [0.4, 0.5) is 0 Å². The highest BCUT2D eigenvalue weighted by Gasteiger charge is 2.26. The van der Waals surface area contributed by atoms with Crippen molar-refractivity contribution < 1.29 is 19.7 Å². The van der Waals surface area contributed by atoms with Gasteiger partial charge in [-0.1, -0.05) is 60.7 Å². The van der Waals surface area contributed by atoms with Crippen LogP contribution in [0.2, 0.25) is 0 Å². The number of ether oxygens (including phenoxy) is 1. The van der Waals surface area contributed by atoms with Crippen molar-refractivity contribution in [1.29, 1.82) is 0 Å². The van der Waals surface area contributed by atoms with Gasteiger partial charge in [0.1, 0.15) is 6.10 Å². The van der Waals surface area contributed by atoms with Gasteiger partial charge in [0.25, 0.3) is 0 Å². The van der Waals surface area contributed by atoms with E-state index in [1.54, 1.807) is 30.3 Å². The third-order valence-corrected chi connectivity index (χ3v) is 3.16. The minimum atomic E-state index is -1.58. The fraction of sp³-hybridized carbons (Fsp3) is 0.235. The molecule has 0 bridgehead atoms. The number of aliphatic hydroxyl groups is 2. The van der Waals surface area contributed by atoms with Crippen LogP contribution in [0.3, 0.4) is 0 Å². The molecule has 0 saturated carbocycles. The molecule has 0 saturated heterocycles. The summed E-state index contributed by atoms with van der Waals surface area (Å²) in [5.74, 6) is -0.817. The van der Waals surface area contributed by atoms with Gasteiger partial charge < -0.3 is 14.9 Å². The van der Waals surface area contributed by atoms with Gasteiger partial charge in [-0.15, -0.1) is 0 Å². The minimum absolute atomic E-state index is 0.168. The van der Waals surface area contributed by atoms with Crippen LogP contribution in [0.5, 0.6) is 0 Å². The maximum absolute atomic E-state index is 11.7. The first-order valence-corrected chi connectivity index (χ1v) is 6.80. The molecule has 110 valence electrons. The van der Waals surface area contributed by atoms with Crippen LogP contribution >= 0.6 is 0 Å². The summed E-state index contributed by atoms with van der Waals surface area (Å²) in [5, 5.41) is 19.7. The Hall–Kier alpha value is -2.17. The number of carbonyl (C=O) groups is 1. The van der Waals surface area contributed by atoms with Gasteiger partial charge in [0.05, 0.1) is 6.61 Å². The molecule has 0 fully saturated rings. The Morgan fingerprint density at radius 1 is 0.952 bits per heavy atom. The Balaban J connectivity index is 1.82. The molecule has 2 rings (SSSR count). The first kappa shape index (κ1) is 15.2. The Morgan fingerprint density at radius 3 is 2.14 bits per heavy atom. The monoisotopic (exact) mass is 286 g/mol. The van der Waals surface area contributed by atoms with Gasteiger partial charge in [-0.2, -0.15) is 0 Å². The summed E-state index contributed by atoms with van der Waals surface area (Å²) < 4.78 is 5.00. The molecule has 4 nitrogen and oxygen atoms in total. The summed E-state index contributed by atoms with van der Waals surface area (Å²) in [6, 6.07) is 18.1. The number of hydrogen-bond donors (Lipinski definition) is 2. The first-order chi connectivity index (χ1) is 10.2. The molecule has 0 heterocycles. The minimum Gasteiger partial charge on any atom is -0.463 e. The van der Waals surface area contributed by atoms with Crippen LogP contribution in [0.1, 0.15) is 17.2 Å². The lowest BCUT2D eigenvalue weighted by Crippen LogP contribution is -2.30. The van der Waals surface area contributed by atoms with E-state index in [0.29, 0.717) is 12.0 Å². The molecule has 2 N–H and O–H groups in total. The molecule has 0 spiro atoms. The Bertz CT molecular complexity index is 554. The van der Waals surface area contributed by atoms with E-state index in [1.807, 2.05) is 30.3 Å². The Kier molecular flexibility index (Phi) is 5.49. The molecule has 21 heavy (non-hydrogen) atoms. The standard InChI is InChI=1S/C17H18O4/c18-15(14-9-5-2-6-10-14)16(19)17(20)21-12-11-13-7-3-1-4-8-13/h1-10,15-16,18-19H,11-12H2. The van der Waals surface area contributed by atoms with Gasteiger partial charge in [-0.05, 0) is 11.1 Å². The molecule has 0 amide bonds. The van der Waals surface area contributed by atoms with Crippen molar-refractivity contribution in [1.82, 2.24) is 0 Å². The fourth-order valence-corrected chi connectivity index (χ4v) is 1.96. The smallest absolute Gasteiger partial charge is 0.338 e. The number of hydrogen-bond acceptors (Lipinski definition) is 4. The molecule has 2 unspecified atom stereocenters. The normalized spacial score (nSPS) is 13.4. The fourth-order valence-electron chi connectivity index (χ4n) is 1.96. The van der Waals surface area contributed by atoms with E-state index in [2.05, 4.69) is 0 Å². The summed E-state index contributed by atoms with van der Waals surface area (Å²) in [6.45, 7) is 0.168. The molecule has 0 aliphatic carbocycles. The van der Waals surface area contributed by atoms with E-state index in [0.717, 1.165) is 5.56 Å². The largest absolute Gasteiger partial charge is 0.463 e. The van der Waals surface area contributed by atoms with E-state index in [9.17, 15) is 15.0 Å². The second-order valence-electron chi connectivity index (χ2n) is 4.70. The van der Waals surface area contributed by atoms with Crippen molar-refractivity contribution in [2.45, 2.75) is 18.6 Å². The van der Waals surface area contributed by atoms with Crippen molar-refractivity contribution in [3.8, 4) is 0 Å². The van der Waals surface area contributed by atoms with Gasteiger partial charge in [0.2, 0.25) is 0 Å². The van der Waals surface area contributed by atoms with Gasteiger partial charge in [-0.25, -0.2) is 4.79 Å². The Labute approximate surface area is 123 Å². The van der Waals surface area contributed by atoms with E-state index in [-0.39, 0.29) is 6.61 Å². The molecular weight excluding hydrogens is 268 g/mol. The maximum Gasteiger partial charge on any atom is 0.338 e. The molecular formula is C17H18O4. The zero-order valence-corrected chi connectivity index (χ0v) is 11.6. The number of aliphatic hydroxyl groups excluding tert-OH is 2. The van der Waals surface area contributed by atoms with Crippen LogP contribution in [0.15, 0.2) is 60.7 Å². The number of rotatable bonds is 6. The van der Waals surface area contributed by atoms with Gasteiger partial charge in [-0.3, -0.25) is 0 Å². The summed E-state index contributed by atoms with van der Waals surface area (Å²) in [7, 11) is 0. The van der Waals surface area contributed by atoms with E-state index in [1.165, 1.54) is 0 Å². The number of esters is 1. The predicted octanol–water partition coefficient (Wildman–Crippen LogP) is 1.87. The lowest BCUT2D eigenvalue weighted by molar-refractivity contribution is -0.159. The van der Waals surface area contributed by atoms with Crippen molar-refractivity contribution in [3.05, 3.63) is 71.8 Å². The summed E-state index contributed by atoms with van der Waals surface area (Å²) in [5.41, 5.74) is 1.52. The average molecular weight is 286 g/mol. The summed E-state index contributed by atoms with van der Waals surface area (Å²) in [6.07, 6.45) is -2.29. The van der Waals surface area contributed by atoms with Crippen LogP contribution in [-0.2, 0) is 16.0 Å². The predicted molar refractivity (Wildman–Crippen MR) is 78.5 cm³/mol. The van der Waals surface area contributed by atoms with E-state index < -0.39 is 18.2 Å². The van der Waals surface area contributed by atoms with Crippen LogP contribution < -0.4 is 0 Å². The van der Waals surface area contributed by atoms with Crippen molar-refractivity contribution in [3.63, 3.8) is 0 Å².